The zero-order valence-electron chi connectivity index (χ0n) is 11.0. The van der Waals surface area contributed by atoms with Crippen LogP contribution in [0.25, 0.3) is 0 Å². The molecule has 17 heavy (non-hydrogen) atoms. The zero-order valence-corrected chi connectivity index (χ0v) is 11.0. The van der Waals surface area contributed by atoms with Crippen LogP contribution in [-0.4, -0.2) is 24.7 Å². The van der Waals surface area contributed by atoms with Crippen molar-refractivity contribution in [2.24, 2.45) is 0 Å². The average molecular weight is 233 g/mol. The van der Waals surface area contributed by atoms with E-state index in [9.17, 15) is 0 Å². The second-order valence-electron chi connectivity index (χ2n) is 5.92. The summed E-state index contributed by atoms with van der Waals surface area (Å²) in [7, 11) is 0. The quantitative estimate of drug-likeness (QED) is 0.770. The molecular formula is C14H23N3. The van der Waals surface area contributed by atoms with Gasteiger partial charge in [-0.3, -0.25) is 0 Å². The van der Waals surface area contributed by atoms with Crippen molar-refractivity contribution in [1.82, 2.24) is 5.32 Å². The van der Waals surface area contributed by atoms with Crippen LogP contribution in [0.15, 0.2) is 24.3 Å². The van der Waals surface area contributed by atoms with Crippen LogP contribution in [0.2, 0.25) is 0 Å². The highest BCUT2D eigenvalue weighted by Crippen LogP contribution is 2.22. The highest BCUT2D eigenvalue weighted by molar-refractivity contribution is 5.53. The third kappa shape index (κ3) is 3.37. The van der Waals surface area contributed by atoms with Gasteiger partial charge in [-0.25, -0.2) is 0 Å². The predicted octanol–water partition coefficient (Wildman–Crippen LogP) is 2.24. The molecule has 3 nitrogen and oxygen atoms in total. The third-order valence-electron chi connectivity index (χ3n) is 3.08. The van der Waals surface area contributed by atoms with Crippen LogP contribution < -0.4 is 16.0 Å². The molecule has 0 aromatic heterocycles. The molecule has 0 spiro atoms. The first-order chi connectivity index (χ1) is 7.94. The number of rotatable bonds is 2. The van der Waals surface area contributed by atoms with E-state index in [-0.39, 0.29) is 5.54 Å². The number of nitrogens with two attached hydrogens (primary N) is 1. The number of anilines is 2. The Bertz CT molecular complexity index is 364. The lowest BCUT2D eigenvalue weighted by atomic mass is 10.1. The lowest BCUT2D eigenvalue weighted by Crippen LogP contribution is -2.44. The van der Waals surface area contributed by atoms with E-state index >= 15 is 0 Å². The van der Waals surface area contributed by atoms with Crippen LogP contribution in [0.5, 0.6) is 0 Å². The van der Waals surface area contributed by atoms with Crippen molar-refractivity contribution in [1.29, 1.82) is 0 Å². The summed E-state index contributed by atoms with van der Waals surface area (Å²) in [5.41, 5.74) is 8.01. The molecule has 1 aromatic rings. The van der Waals surface area contributed by atoms with Crippen LogP contribution in [0.1, 0.15) is 27.2 Å². The van der Waals surface area contributed by atoms with Gasteiger partial charge in [0.05, 0.1) is 0 Å². The van der Waals surface area contributed by atoms with E-state index in [4.69, 9.17) is 5.73 Å². The number of nitrogens with zero attached hydrogens (tertiary/aromatic N) is 1. The van der Waals surface area contributed by atoms with Crippen LogP contribution in [0.3, 0.4) is 0 Å². The summed E-state index contributed by atoms with van der Waals surface area (Å²) in [6.07, 6.45) is 1.21. The van der Waals surface area contributed by atoms with E-state index in [0.717, 1.165) is 18.8 Å². The molecule has 2 rings (SSSR count). The summed E-state index contributed by atoms with van der Waals surface area (Å²) < 4.78 is 0. The summed E-state index contributed by atoms with van der Waals surface area (Å²) >= 11 is 0. The fourth-order valence-electron chi connectivity index (χ4n) is 2.41. The first-order valence-corrected chi connectivity index (χ1v) is 6.32. The number of nitrogens with one attached hydrogen (secondary N) is 1. The van der Waals surface area contributed by atoms with Crippen LogP contribution >= 0.6 is 0 Å². The van der Waals surface area contributed by atoms with Crippen molar-refractivity contribution in [2.45, 2.75) is 38.8 Å². The van der Waals surface area contributed by atoms with Crippen molar-refractivity contribution in [2.75, 3.05) is 23.7 Å². The molecule has 0 saturated carbocycles. The van der Waals surface area contributed by atoms with Crippen molar-refractivity contribution in [3.63, 3.8) is 0 Å². The molecule has 1 atom stereocenters. The maximum Gasteiger partial charge on any atom is 0.0368 e. The van der Waals surface area contributed by atoms with Gasteiger partial charge in [0, 0.05) is 36.0 Å². The Morgan fingerprint density at radius 1 is 1.24 bits per heavy atom. The summed E-state index contributed by atoms with van der Waals surface area (Å²) in [5, 5.41) is 3.66. The number of hydrogen-bond acceptors (Lipinski definition) is 3. The van der Waals surface area contributed by atoms with Crippen LogP contribution in [0, 0.1) is 0 Å². The number of nitrogen functional groups attached to an aromatic ring is 1. The molecule has 3 heteroatoms. The maximum absolute atomic E-state index is 5.71. The largest absolute Gasteiger partial charge is 0.399 e. The van der Waals surface area contributed by atoms with Gasteiger partial charge in [0.15, 0.2) is 0 Å². The second-order valence-corrected chi connectivity index (χ2v) is 5.92. The summed E-state index contributed by atoms with van der Waals surface area (Å²) in [4.78, 5) is 2.42. The lowest BCUT2D eigenvalue weighted by Gasteiger charge is -2.26. The molecule has 1 unspecified atom stereocenters. The molecular weight excluding hydrogens is 210 g/mol. The van der Waals surface area contributed by atoms with E-state index in [1.165, 1.54) is 12.1 Å². The van der Waals surface area contributed by atoms with Gasteiger partial charge < -0.3 is 16.0 Å². The summed E-state index contributed by atoms with van der Waals surface area (Å²) in [5.74, 6) is 0. The molecule has 1 heterocycles. The Morgan fingerprint density at radius 2 is 1.88 bits per heavy atom. The Labute approximate surface area is 104 Å². The zero-order chi connectivity index (χ0) is 12.5. The first kappa shape index (κ1) is 12.2. The second kappa shape index (κ2) is 4.57. The van der Waals surface area contributed by atoms with Gasteiger partial charge in [0.25, 0.3) is 0 Å². The molecule has 1 aliphatic heterocycles. The van der Waals surface area contributed by atoms with Gasteiger partial charge in [-0.1, -0.05) is 0 Å². The van der Waals surface area contributed by atoms with Crippen molar-refractivity contribution >= 4 is 11.4 Å². The monoisotopic (exact) mass is 233 g/mol. The third-order valence-corrected chi connectivity index (χ3v) is 3.08. The van der Waals surface area contributed by atoms with Crippen molar-refractivity contribution in [3.05, 3.63) is 24.3 Å². The smallest absolute Gasteiger partial charge is 0.0368 e. The molecule has 0 radical (unpaired) electrons. The van der Waals surface area contributed by atoms with Gasteiger partial charge in [0.2, 0.25) is 0 Å². The molecule has 3 N–H and O–H groups in total. The van der Waals surface area contributed by atoms with E-state index in [2.05, 4.69) is 43.1 Å². The minimum atomic E-state index is 0.196. The normalized spacial score (nSPS) is 20.9. The minimum absolute atomic E-state index is 0.196. The fourth-order valence-corrected chi connectivity index (χ4v) is 2.41. The van der Waals surface area contributed by atoms with Gasteiger partial charge in [-0.05, 0) is 51.5 Å². The van der Waals surface area contributed by atoms with E-state index < -0.39 is 0 Å². The molecule has 0 aliphatic carbocycles. The summed E-state index contributed by atoms with van der Waals surface area (Å²) in [6.45, 7) is 8.87. The first-order valence-electron chi connectivity index (χ1n) is 6.32. The molecule has 0 bridgehead atoms. The van der Waals surface area contributed by atoms with E-state index in [1.807, 2.05) is 12.1 Å². The molecule has 0 amide bonds. The SMILES string of the molecule is CC(C)(C)NC1CCN(c2ccc(N)cc2)C1. The molecule has 1 aromatic carbocycles. The highest BCUT2D eigenvalue weighted by atomic mass is 15.2. The highest BCUT2D eigenvalue weighted by Gasteiger charge is 2.25. The Hall–Kier alpha value is -1.22. The molecule has 1 fully saturated rings. The predicted molar refractivity (Wildman–Crippen MR) is 74.4 cm³/mol. The maximum atomic E-state index is 5.71. The topological polar surface area (TPSA) is 41.3 Å². The van der Waals surface area contributed by atoms with Crippen LogP contribution in [-0.2, 0) is 0 Å². The molecule has 94 valence electrons. The molecule has 1 aliphatic rings. The molecule has 1 saturated heterocycles. The van der Waals surface area contributed by atoms with Gasteiger partial charge in [-0.2, -0.15) is 0 Å². The van der Waals surface area contributed by atoms with Gasteiger partial charge in [-0.15, -0.1) is 0 Å². The Balaban J connectivity index is 1.96. The fraction of sp³-hybridized carbons (Fsp3) is 0.571. The van der Waals surface area contributed by atoms with Gasteiger partial charge >= 0.3 is 0 Å². The van der Waals surface area contributed by atoms with Crippen molar-refractivity contribution < 1.29 is 0 Å². The van der Waals surface area contributed by atoms with E-state index in [0.29, 0.717) is 6.04 Å². The minimum Gasteiger partial charge on any atom is -0.399 e. The van der Waals surface area contributed by atoms with Crippen molar-refractivity contribution in [3.8, 4) is 0 Å². The number of benzene rings is 1. The van der Waals surface area contributed by atoms with Crippen LogP contribution in [0.4, 0.5) is 11.4 Å². The standard InChI is InChI=1S/C14H23N3/c1-14(2,3)16-12-8-9-17(10-12)13-6-4-11(15)5-7-13/h4-7,12,16H,8-10,15H2,1-3H3. The summed E-state index contributed by atoms with van der Waals surface area (Å²) in [6, 6.07) is 8.75. The van der Waals surface area contributed by atoms with Gasteiger partial charge in [0.1, 0.15) is 0 Å². The lowest BCUT2D eigenvalue weighted by molar-refractivity contribution is 0.373. The van der Waals surface area contributed by atoms with E-state index in [1.54, 1.807) is 0 Å². The number of hydrogen-bond donors (Lipinski definition) is 2. The Kier molecular flexibility index (Phi) is 3.29. The Morgan fingerprint density at radius 3 is 2.47 bits per heavy atom. The average Bonchev–Trinajstić information content (AvgIpc) is 2.64.